The minimum absolute atomic E-state index is 0. The zero-order chi connectivity index (χ0) is 46.5. The first-order chi connectivity index (χ1) is 32.3. The van der Waals surface area contributed by atoms with E-state index in [1.807, 2.05) is 65.2 Å². The molecule has 69 heavy (non-hydrogen) atoms. The van der Waals surface area contributed by atoms with Crippen LogP contribution in [-0.2, 0) is 52.3 Å². The van der Waals surface area contributed by atoms with Crippen molar-refractivity contribution in [3.8, 4) is 73.7 Å². The van der Waals surface area contributed by atoms with Crippen LogP contribution in [0.15, 0.2) is 146 Å². The fourth-order valence-electron chi connectivity index (χ4n) is 8.56. The minimum atomic E-state index is 0. The van der Waals surface area contributed by atoms with Crippen LogP contribution in [0, 0.1) is 38.1 Å². The van der Waals surface area contributed by atoms with Crippen LogP contribution in [0.4, 0.5) is 0 Å². The van der Waals surface area contributed by atoms with Crippen LogP contribution >= 0.6 is 0 Å². The molecule has 4 heterocycles. The minimum Gasteiger partial charge on any atom is -0.502 e. The molecule has 0 radical (unpaired) electrons. The molecule has 10 heteroatoms. The summed E-state index contributed by atoms with van der Waals surface area (Å²) in [5.74, 6) is 2.50. The Morgan fingerprint density at radius 3 is 1.29 bits per heavy atom. The van der Waals surface area contributed by atoms with E-state index in [0.717, 1.165) is 66.7 Å². The molecular formula is C59H48N6O2PdPt. The summed E-state index contributed by atoms with van der Waals surface area (Å²) in [6.07, 6.45) is 6.54. The van der Waals surface area contributed by atoms with Crippen molar-refractivity contribution in [2.75, 3.05) is 0 Å². The first-order valence-electron chi connectivity index (χ1n) is 22.4. The van der Waals surface area contributed by atoms with Gasteiger partial charge in [0.15, 0.2) is 0 Å². The molecule has 0 fully saturated rings. The fraction of sp³-hybridized carbons (Fsp3) is 0.169. The SMILES string of the molecule is Cc1cc(-c2ccccn2)[c-]c(Oc2[c-]c3c(cc2)c2ccc(Oc4[c-]c(-c5ccccn5)cc(C)c4-c4ccc(C(C)(C)C)cc4)[c-]c2n3-c2ncncn2)c1-c1ccc(C(C)(C)C)cc1.[Pd+2].[Pt+2]. The maximum atomic E-state index is 6.89. The molecule has 0 N–H and O–H groups in total. The molecule has 346 valence electrons. The Balaban J connectivity index is 0.00000321. The van der Waals surface area contributed by atoms with Crippen molar-refractivity contribution in [2.24, 2.45) is 0 Å². The van der Waals surface area contributed by atoms with Gasteiger partial charge >= 0.3 is 41.5 Å². The van der Waals surface area contributed by atoms with Gasteiger partial charge in [0.05, 0.1) is 0 Å². The molecule has 0 aliphatic carbocycles. The van der Waals surface area contributed by atoms with Crippen molar-refractivity contribution in [1.82, 2.24) is 29.5 Å². The maximum absolute atomic E-state index is 6.89. The maximum Gasteiger partial charge on any atom is 2.00 e. The predicted molar refractivity (Wildman–Crippen MR) is 267 cm³/mol. The van der Waals surface area contributed by atoms with Gasteiger partial charge in [-0.15, -0.1) is 58.7 Å². The Morgan fingerprint density at radius 1 is 0.493 bits per heavy atom. The Bertz CT molecular complexity index is 3210. The summed E-state index contributed by atoms with van der Waals surface area (Å²) in [6, 6.07) is 55.6. The van der Waals surface area contributed by atoms with Gasteiger partial charge in [0.25, 0.3) is 0 Å². The molecule has 0 atom stereocenters. The van der Waals surface area contributed by atoms with Gasteiger partial charge in [0, 0.05) is 35.4 Å². The van der Waals surface area contributed by atoms with Gasteiger partial charge in [-0.3, -0.25) is 0 Å². The summed E-state index contributed by atoms with van der Waals surface area (Å²) in [6.45, 7) is 17.5. The molecule has 0 aliphatic rings. The molecule has 8 nitrogen and oxygen atoms in total. The fourth-order valence-corrected chi connectivity index (χ4v) is 8.56. The molecule has 10 rings (SSSR count). The summed E-state index contributed by atoms with van der Waals surface area (Å²) >= 11 is 0. The van der Waals surface area contributed by atoms with Crippen LogP contribution in [0.3, 0.4) is 0 Å². The molecule has 10 aromatic rings. The normalized spacial score (nSPS) is 11.5. The first-order valence-corrected chi connectivity index (χ1v) is 22.4. The summed E-state index contributed by atoms with van der Waals surface area (Å²) in [4.78, 5) is 22.6. The Kier molecular flexibility index (Phi) is 14.0. The second-order valence-electron chi connectivity index (χ2n) is 18.9. The van der Waals surface area contributed by atoms with Crippen molar-refractivity contribution < 1.29 is 51.0 Å². The van der Waals surface area contributed by atoms with E-state index >= 15 is 0 Å². The van der Waals surface area contributed by atoms with Gasteiger partial charge in [-0.2, -0.15) is 22.9 Å². The Hall–Kier alpha value is -6.62. The Labute approximate surface area is 432 Å². The smallest absolute Gasteiger partial charge is 0.502 e. The average Bonchev–Trinajstić information content (AvgIpc) is 3.64. The van der Waals surface area contributed by atoms with Crippen LogP contribution in [-0.4, -0.2) is 29.5 Å². The molecule has 6 aromatic carbocycles. The number of hydrogen-bond acceptors (Lipinski definition) is 7. The molecule has 0 aliphatic heterocycles. The van der Waals surface area contributed by atoms with Crippen LogP contribution < -0.4 is 9.47 Å². The van der Waals surface area contributed by atoms with Crippen molar-refractivity contribution in [1.29, 1.82) is 0 Å². The summed E-state index contributed by atoms with van der Waals surface area (Å²) in [7, 11) is 0. The van der Waals surface area contributed by atoms with Gasteiger partial charge in [-0.25, -0.2) is 15.0 Å². The van der Waals surface area contributed by atoms with Crippen molar-refractivity contribution in [3.05, 3.63) is 193 Å². The topological polar surface area (TPSA) is 87.8 Å². The third-order valence-corrected chi connectivity index (χ3v) is 12.1. The van der Waals surface area contributed by atoms with Crippen molar-refractivity contribution >= 4 is 21.8 Å². The molecule has 0 saturated carbocycles. The van der Waals surface area contributed by atoms with E-state index in [1.54, 1.807) is 12.4 Å². The van der Waals surface area contributed by atoms with Crippen LogP contribution in [0.5, 0.6) is 23.0 Å². The number of aromatic nitrogens is 6. The number of pyridine rings is 2. The van der Waals surface area contributed by atoms with Crippen molar-refractivity contribution in [2.45, 2.75) is 66.2 Å². The van der Waals surface area contributed by atoms with Crippen LogP contribution in [0.1, 0.15) is 63.8 Å². The number of fused-ring (bicyclic) bond motifs is 3. The van der Waals surface area contributed by atoms with Gasteiger partial charge in [-0.1, -0.05) is 174 Å². The standard InChI is InChI=1S/C59H48N6O2.Pd.Pt/c1-37-29-41(49-13-9-11-27-61-49)31-53(55(37)39-15-19-43(20-16-39)58(3,4)5)66-45-23-25-47-48-26-24-46(34-52(48)65(51(47)33-45)57-63-35-60-36-64-57)67-54-32-42(50-14-10-12-28-62-50)30-38(2)56(54)40-17-21-44(22-18-40)59(6,7)8;;/h9-30,35-36H,1-8H3;;/q-4;2*+2. The zero-order valence-electron chi connectivity index (χ0n) is 39.5. The summed E-state index contributed by atoms with van der Waals surface area (Å²) in [5.41, 5.74) is 13.1. The molecular weight excluding hydrogens is 1130 g/mol. The first kappa shape index (κ1) is 48.8. The molecule has 0 unspecified atom stereocenters. The van der Waals surface area contributed by atoms with E-state index in [-0.39, 0.29) is 52.3 Å². The molecule has 0 spiro atoms. The van der Waals surface area contributed by atoms with E-state index in [9.17, 15) is 0 Å². The van der Waals surface area contributed by atoms with E-state index in [2.05, 4.69) is 165 Å². The second-order valence-corrected chi connectivity index (χ2v) is 18.9. The van der Waals surface area contributed by atoms with Crippen LogP contribution in [0.25, 0.3) is 72.5 Å². The van der Waals surface area contributed by atoms with E-state index in [0.29, 0.717) is 40.0 Å². The second kappa shape index (κ2) is 19.8. The van der Waals surface area contributed by atoms with E-state index in [4.69, 9.17) is 9.47 Å². The van der Waals surface area contributed by atoms with E-state index < -0.39 is 0 Å². The number of benzene rings is 6. The Morgan fingerprint density at radius 2 is 0.913 bits per heavy atom. The molecule has 0 bridgehead atoms. The number of hydrogen-bond donors (Lipinski definition) is 0. The number of aryl methyl sites for hydroxylation is 2. The predicted octanol–water partition coefficient (Wildman–Crippen LogP) is 14.4. The van der Waals surface area contributed by atoms with Gasteiger partial charge in [-0.05, 0) is 45.5 Å². The number of nitrogens with zero attached hydrogens (tertiary/aromatic N) is 6. The third kappa shape index (κ3) is 9.96. The van der Waals surface area contributed by atoms with E-state index in [1.165, 1.54) is 23.8 Å². The third-order valence-electron chi connectivity index (χ3n) is 12.1. The molecule has 4 aromatic heterocycles. The summed E-state index contributed by atoms with van der Waals surface area (Å²) < 4.78 is 15.7. The van der Waals surface area contributed by atoms with Gasteiger partial charge < -0.3 is 24.0 Å². The van der Waals surface area contributed by atoms with Gasteiger partial charge in [0.1, 0.15) is 12.7 Å². The van der Waals surface area contributed by atoms with Crippen LogP contribution in [0.2, 0.25) is 0 Å². The van der Waals surface area contributed by atoms with Gasteiger partial charge in [0.2, 0.25) is 5.95 Å². The number of ether oxygens (including phenoxy) is 2. The average molecular weight is 1170 g/mol. The molecule has 0 saturated heterocycles. The monoisotopic (exact) mass is 1170 g/mol. The zero-order valence-corrected chi connectivity index (χ0v) is 43.3. The largest absolute Gasteiger partial charge is 2.00 e. The quantitative estimate of drug-likeness (QED) is 0.105. The summed E-state index contributed by atoms with van der Waals surface area (Å²) in [5, 5.41) is 1.82. The number of rotatable bonds is 9. The van der Waals surface area contributed by atoms with Crippen molar-refractivity contribution in [3.63, 3.8) is 0 Å². The molecule has 0 amide bonds.